The van der Waals surface area contributed by atoms with Crippen molar-refractivity contribution in [1.29, 1.82) is 0 Å². The first-order valence-corrected chi connectivity index (χ1v) is 8.77. The Labute approximate surface area is 143 Å². The highest BCUT2D eigenvalue weighted by Gasteiger charge is 2.42. The van der Waals surface area contributed by atoms with Gasteiger partial charge in [0.05, 0.1) is 6.04 Å². The standard InChI is InChI=1S/C22H23NO/c1-17(24)23-14-13-22(12-11-18-7-3-2-4-8-18)15-19-9-5-6-10-20(19)21(23)16-22/h2-10,13-14,21H,11-12,15-16H2,1H3. The van der Waals surface area contributed by atoms with Crippen molar-refractivity contribution in [2.45, 2.75) is 38.6 Å². The lowest BCUT2D eigenvalue weighted by atomic mass is 9.65. The maximum Gasteiger partial charge on any atom is 0.223 e. The zero-order valence-corrected chi connectivity index (χ0v) is 14.1. The number of amides is 1. The Morgan fingerprint density at radius 1 is 1.12 bits per heavy atom. The number of allylic oxidation sites excluding steroid dienone is 1. The molecule has 0 saturated heterocycles. The molecule has 2 bridgehead atoms. The van der Waals surface area contributed by atoms with E-state index in [-0.39, 0.29) is 17.4 Å². The van der Waals surface area contributed by atoms with Crippen LogP contribution >= 0.6 is 0 Å². The average Bonchev–Trinajstić information content (AvgIpc) is 2.61. The number of carbonyl (C=O) groups is 1. The minimum Gasteiger partial charge on any atom is -0.312 e. The second kappa shape index (κ2) is 5.94. The Kier molecular flexibility index (Phi) is 3.76. The van der Waals surface area contributed by atoms with Gasteiger partial charge in [0, 0.05) is 13.1 Å². The molecule has 122 valence electrons. The van der Waals surface area contributed by atoms with Gasteiger partial charge in [-0.15, -0.1) is 0 Å². The molecule has 2 aromatic carbocycles. The summed E-state index contributed by atoms with van der Waals surface area (Å²) in [5, 5.41) is 0. The average molecular weight is 317 g/mol. The normalized spacial score (nSPS) is 24.5. The maximum absolute atomic E-state index is 12.1. The quantitative estimate of drug-likeness (QED) is 0.805. The van der Waals surface area contributed by atoms with Crippen molar-refractivity contribution in [3.05, 3.63) is 83.6 Å². The summed E-state index contributed by atoms with van der Waals surface area (Å²) >= 11 is 0. The predicted molar refractivity (Wildman–Crippen MR) is 96.4 cm³/mol. The molecule has 1 amide bonds. The van der Waals surface area contributed by atoms with Gasteiger partial charge in [-0.1, -0.05) is 60.7 Å². The third kappa shape index (κ3) is 2.66. The number of carbonyl (C=O) groups excluding carboxylic acids is 1. The summed E-state index contributed by atoms with van der Waals surface area (Å²) < 4.78 is 0. The zero-order chi connectivity index (χ0) is 16.6. The molecule has 0 aromatic heterocycles. The molecular weight excluding hydrogens is 294 g/mol. The van der Waals surface area contributed by atoms with E-state index < -0.39 is 0 Å². The van der Waals surface area contributed by atoms with Crippen molar-refractivity contribution in [3.63, 3.8) is 0 Å². The Morgan fingerprint density at radius 2 is 1.88 bits per heavy atom. The van der Waals surface area contributed by atoms with Crippen LogP contribution in [0.1, 0.15) is 42.5 Å². The molecule has 2 atom stereocenters. The highest BCUT2D eigenvalue weighted by molar-refractivity contribution is 5.75. The van der Waals surface area contributed by atoms with Gasteiger partial charge in [-0.05, 0) is 47.8 Å². The van der Waals surface area contributed by atoms with Crippen LogP contribution in [0.25, 0.3) is 0 Å². The highest BCUT2D eigenvalue weighted by atomic mass is 16.2. The largest absolute Gasteiger partial charge is 0.312 e. The molecule has 2 nitrogen and oxygen atoms in total. The first-order chi connectivity index (χ1) is 11.7. The van der Waals surface area contributed by atoms with Crippen LogP contribution in [0.5, 0.6) is 0 Å². The topological polar surface area (TPSA) is 20.3 Å². The van der Waals surface area contributed by atoms with Crippen LogP contribution in [0.15, 0.2) is 66.9 Å². The van der Waals surface area contributed by atoms with Crippen molar-refractivity contribution in [2.75, 3.05) is 0 Å². The van der Waals surface area contributed by atoms with Crippen LogP contribution in [0.2, 0.25) is 0 Å². The van der Waals surface area contributed by atoms with E-state index in [4.69, 9.17) is 0 Å². The van der Waals surface area contributed by atoms with E-state index in [1.807, 2.05) is 11.1 Å². The van der Waals surface area contributed by atoms with Crippen LogP contribution in [0.4, 0.5) is 0 Å². The molecule has 0 radical (unpaired) electrons. The van der Waals surface area contributed by atoms with Crippen molar-refractivity contribution >= 4 is 5.91 Å². The second-order valence-electron chi connectivity index (χ2n) is 7.19. The second-order valence-corrected chi connectivity index (χ2v) is 7.19. The van der Waals surface area contributed by atoms with Gasteiger partial charge in [0.15, 0.2) is 0 Å². The number of benzene rings is 2. The van der Waals surface area contributed by atoms with Crippen LogP contribution in [0.3, 0.4) is 0 Å². The van der Waals surface area contributed by atoms with Gasteiger partial charge in [-0.25, -0.2) is 0 Å². The summed E-state index contributed by atoms with van der Waals surface area (Å²) in [6.45, 7) is 1.67. The van der Waals surface area contributed by atoms with Gasteiger partial charge in [0.1, 0.15) is 0 Å². The Balaban J connectivity index is 1.66. The van der Waals surface area contributed by atoms with E-state index in [9.17, 15) is 4.79 Å². The van der Waals surface area contributed by atoms with Gasteiger partial charge in [0.2, 0.25) is 5.91 Å². The number of fused-ring (bicyclic) bond motifs is 4. The molecule has 2 aromatic rings. The van der Waals surface area contributed by atoms with Crippen LogP contribution in [0, 0.1) is 5.41 Å². The number of nitrogens with zero attached hydrogens (tertiary/aromatic N) is 1. The summed E-state index contributed by atoms with van der Waals surface area (Å²) in [7, 11) is 0. The lowest BCUT2D eigenvalue weighted by Crippen LogP contribution is -2.42. The van der Waals surface area contributed by atoms with Crippen molar-refractivity contribution in [2.24, 2.45) is 5.41 Å². The van der Waals surface area contributed by atoms with Crippen LogP contribution < -0.4 is 0 Å². The number of rotatable bonds is 3. The first kappa shape index (κ1) is 15.2. The van der Waals surface area contributed by atoms with Gasteiger partial charge in [-0.3, -0.25) is 4.79 Å². The highest BCUT2D eigenvalue weighted by Crippen LogP contribution is 2.50. The fraction of sp³-hybridized carbons (Fsp3) is 0.318. The third-order valence-electron chi connectivity index (χ3n) is 5.60. The van der Waals surface area contributed by atoms with Gasteiger partial charge in [0.25, 0.3) is 0 Å². The van der Waals surface area contributed by atoms with Gasteiger partial charge in [-0.2, -0.15) is 0 Å². The van der Waals surface area contributed by atoms with E-state index in [2.05, 4.69) is 60.7 Å². The SMILES string of the molecule is CC(=O)N1C=CC2(CCc3ccccc3)Cc3ccccc3C1C2. The molecule has 1 heterocycles. The van der Waals surface area contributed by atoms with Crippen LogP contribution in [-0.2, 0) is 17.6 Å². The van der Waals surface area contributed by atoms with E-state index in [1.165, 1.54) is 16.7 Å². The fourth-order valence-electron chi connectivity index (χ4n) is 4.32. The van der Waals surface area contributed by atoms with Crippen LogP contribution in [-0.4, -0.2) is 10.8 Å². The third-order valence-corrected chi connectivity index (χ3v) is 5.60. The molecule has 0 saturated carbocycles. The monoisotopic (exact) mass is 317 g/mol. The molecule has 0 fully saturated rings. The first-order valence-electron chi connectivity index (χ1n) is 8.77. The molecule has 2 heteroatoms. The summed E-state index contributed by atoms with van der Waals surface area (Å²) in [4.78, 5) is 14.0. The fourth-order valence-corrected chi connectivity index (χ4v) is 4.32. The molecule has 1 aliphatic heterocycles. The lowest BCUT2D eigenvalue weighted by molar-refractivity contribution is -0.129. The van der Waals surface area contributed by atoms with Crippen molar-refractivity contribution in [1.82, 2.24) is 4.90 Å². The number of aryl methyl sites for hydroxylation is 1. The number of hydrogen-bond acceptors (Lipinski definition) is 1. The molecule has 1 aliphatic carbocycles. The lowest BCUT2D eigenvalue weighted by Gasteiger charge is -2.47. The summed E-state index contributed by atoms with van der Waals surface area (Å²) in [6, 6.07) is 19.5. The molecule has 2 unspecified atom stereocenters. The summed E-state index contributed by atoms with van der Waals surface area (Å²) in [6.07, 6.45) is 8.66. The van der Waals surface area contributed by atoms with E-state index in [1.54, 1.807) is 6.92 Å². The zero-order valence-electron chi connectivity index (χ0n) is 14.1. The molecule has 24 heavy (non-hydrogen) atoms. The molecule has 4 rings (SSSR count). The van der Waals surface area contributed by atoms with E-state index >= 15 is 0 Å². The van der Waals surface area contributed by atoms with Crippen molar-refractivity contribution in [3.8, 4) is 0 Å². The molecule has 0 N–H and O–H groups in total. The molecule has 0 spiro atoms. The number of hydrogen-bond donors (Lipinski definition) is 0. The van der Waals surface area contributed by atoms with Gasteiger partial charge < -0.3 is 4.90 Å². The van der Waals surface area contributed by atoms with E-state index in [0.29, 0.717) is 0 Å². The Hall–Kier alpha value is -2.35. The smallest absolute Gasteiger partial charge is 0.223 e. The maximum atomic E-state index is 12.1. The molecule has 2 aliphatic rings. The molecular formula is C22H23NO. The minimum absolute atomic E-state index is 0.129. The van der Waals surface area contributed by atoms with Crippen molar-refractivity contribution < 1.29 is 4.79 Å². The van der Waals surface area contributed by atoms with Gasteiger partial charge >= 0.3 is 0 Å². The Bertz CT molecular complexity index is 780. The summed E-state index contributed by atoms with van der Waals surface area (Å²) in [5.74, 6) is 0.129. The summed E-state index contributed by atoms with van der Waals surface area (Å²) in [5.41, 5.74) is 4.29. The Morgan fingerprint density at radius 3 is 2.67 bits per heavy atom. The van der Waals surface area contributed by atoms with E-state index in [0.717, 1.165) is 25.7 Å². The predicted octanol–water partition coefficient (Wildman–Crippen LogP) is 4.67. The minimum atomic E-state index is 0.129.